The normalized spacial score (nSPS) is 28.0. The zero-order chi connectivity index (χ0) is 13.6. The first kappa shape index (κ1) is 12.9. The summed E-state index contributed by atoms with van der Waals surface area (Å²) in [5.74, 6) is 0.359. The van der Waals surface area contributed by atoms with Crippen LogP contribution < -0.4 is 0 Å². The largest absolute Gasteiger partial charge is 0.499 e. The lowest BCUT2D eigenvalue weighted by Crippen LogP contribution is -2.46. The Labute approximate surface area is 107 Å². The maximum Gasteiger partial charge on any atom is 0.240 e. The summed E-state index contributed by atoms with van der Waals surface area (Å²) in [6, 6.07) is 0. The molecule has 98 valence electrons. The number of ketones is 1. The summed E-state index contributed by atoms with van der Waals surface area (Å²) in [7, 11) is 1.51. The quantitative estimate of drug-likeness (QED) is 0.710. The minimum absolute atomic E-state index is 0.0202. The van der Waals surface area contributed by atoms with Gasteiger partial charge in [-0.2, -0.15) is 0 Å². The first-order chi connectivity index (χ1) is 8.31. The Morgan fingerprint density at radius 3 is 2.50 bits per heavy atom. The van der Waals surface area contributed by atoms with Crippen molar-refractivity contribution in [3.8, 4) is 0 Å². The van der Waals surface area contributed by atoms with E-state index in [1.54, 1.807) is 6.08 Å². The molecule has 0 bridgehead atoms. The Morgan fingerprint density at radius 1 is 1.33 bits per heavy atom. The van der Waals surface area contributed by atoms with Crippen LogP contribution in [0.25, 0.3) is 0 Å². The highest BCUT2D eigenvalue weighted by molar-refractivity contribution is 6.04. The standard InChI is InChI=1S/C14H19NO3/c1-13(2,3)15-8-7-14(12(15)17)6-5-10(16)9-11(14)18-4/h5-6,9H,7-8H2,1-4H3. The van der Waals surface area contributed by atoms with E-state index in [-0.39, 0.29) is 17.2 Å². The summed E-state index contributed by atoms with van der Waals surface area (Å²) in [4.78, 5) is 25.9. The molecule has 1 heterocycles. The summed E-state index contributed by atoms with van der Waals surface area (Å²) in [6.07, 6.45) is 5.24. The van der Waals surface area contributed by atoms with Crippen LogP contribution in [0.5, 0.6) is 0 Å². The number of nitrogens with zero attached hydrogens (tertiary/aromatic N) is 1. The van der Waals surface area contributed by atoms with Crippen LogP contribution in [-0.2, 0) is 14.3 Å². The van der Waals surface area contributed by atoms with Gasteiger partial charge < -0.3 is 9.64 Å². The maximum absolute atomic E-state index is 12.6. The van der Waals surface area contributed by atoms with Crippen molar-refractivity contribution in [2.24, 2.45) is 5.41 Å². The third kappa shape index (κ3) is 1.76. The lowest BCUT2D eigenvalue weighted by molar-refractivity contribution is -0.137. The van der Waals surface area contributed by atoms with E-state index in [0.29, 0.717) is 18.7 Å². The molecule has 0 aromatic rings. The molecule has 0 saturated carbocycles. The van der Waals surface area contributed by atoms with Gasteiger partial charge in [0.1, 0.15) is 11.2 Å². The molecule has 1 unspecified atom stereocenters. The number of carbonyl (C=O) groups excluding carboxylic acids is 2. The van der Waals surface area contributed by atoms with Crippen LogP contribution in [-0.4, -0.2) is 35.8 Å². The van der Waals surface area contributed by atoms with E-state index < -0.39 is 5.41 Å². The number of methoxy groups -OCH3 is 1. The molecular weight excluding hydrogens is 230 g/mol. The molecule has 0 aromatic carbocycles. The van der Waals surface area contributed by atoms with Gasteiger partial charge in [0.2, 0.25) is 5.91 Å². The number of rotatable bonds is 1. The predicted molar refractivity (Wildman–Crippen MR) is 67.8 cm³/mol. The third-order valence-electron chi connectivity index (χ3n) is 3.63. The van der Waals surface area contributed by atoms with Crippen LogP contribution >= 0.6 is 0 Å². The van der Waals surface area contributed by atoms with Gasteiger partial charge in [0, 0.05) is 18.2 Å². The van der Waals surface area contributed by atoms with E-state index in [4.69, 9.17) is 4.74 Å². The van der Waals surface area contributed by atoms with E-state index in [0.717, 1.165) is 0 Å². The molecule has 1 spiro atoms. The van der Waals surface area contributed by atoms with Gasteiger partial charge in [0.25, 0.3) is 0 Å². The molecule has 2 aliphatic rings. The Hall–Kier alpha value is -1.58. The van der Waals surface area contributed by atoms with Gasteiger partial charge >= 0.3 is 0 Å². The van der Waals surface area contributed by atoms with Crippen molar-refractivity contribution in [1.29, 1.82) is 0 Å². The summed E-state index contributed by atoms with van der Waals surface area (Å²) in [5, 5.41) is 0. The minimum atomic E-state index is -0.768. The highest BCUT2D eigenvalue weighted by Crippen LogP contribution is 2.44. The second kappa shape index (κ2) is 3.97. The fraction of sp³-hybridized carbons (Fsp3) is 0.571. The lowest BCUT2D eigenvalue weighted by Gasteiger charge is -2.34. The number of hydrogen-bond donors (Lipinski definition) is 0. The molecule has 0 aromatic heterocycles. The molecule has 1 atom stereocenters. The van der Waals surface area contributed by atoms with Crippen LogP contribution in [0.1, 0.15) is 27.2 Å². The average molecular weight is 249 g/mol. The second-order valence-corrected chi connectivity index (χ2v) is 5.80. The highest BCUT2D eigenvalue weighted by Gasteiger charge is 2.52. The Kier molecular flexibility index (Phi) is 2.84. The van der Waals surface area contributed by atoms with Gasteiger partial charge in [-0.1, -0.05) is 6.08 Å². The van der Waals surface area contributed by atoms with Gasteiger partial charge in [-0.25, -0.2) is 0 Å². The molecule has 1 aliphatic heterocycles. The minimum Gasteiger partial charge on any atom is -0.499 e. The molecule has 1 fully saturated rings. The van der Waals surface area contributed by atoms with E-state index in [9.17, 15) is 9.59 Å². The van der Waals surface area contributed by atoms with Gasteiger partial charge in [0.15, 0.2) is 5.78 Å². The van der Waals surface area contributed by atoms with Crippen LogP contribution in [0.4, 0.5) is 0 Å². The first-order valence-corrected chi connectivity index (χ1v) is 6.13. The molecule has 0 N–H and O–H groups in total. The van der Waals surface area contributed by atoms with Crippen molar-refractivity contribution in [3.63, 3.8) is 0 Å². The smallest absolute Gasteiger partial charge is 0.240 e. The van der Waals surface area contributed by atoms with Crippen LogP contribution in [0.3, 0.4) is 0 Å². The lowest BCUT2D eigenvalue weighted by atomic mass is 9.80. The summed E-state index contributed by atoms with van der Waals surface area (Å²) < 4.78 is 5.27. The first-order valence-electron chi connectivity index (χ1n) is 6.13. The number of allylic oxidation sites excluding steroid dienone is 2. The monoisotopic (exact) mass is 249 g/mol. The van der Waals surface area contributed by atoms with Gasteiger partial charge in [0.05, 0.1) is 7.11 Å². The van der Waals surface area contributed by atoms with E-state index in [2.05, 4.69) is 0 Å². The molecule has 1 amide bonds. The number of likely N-dealkylation sites (tertiary alicyclic amines) is 1. The van der Waals surface area contributed by atoms with E-state index >= 15 is 0 Å². The van der Waals surface area contributed by atoms with Gasteiger partial charge in [-0.3, -0.25) is 9.59 Å². The molecule has 0 radical (unpaired) electrons. The molecular formula is C14H19NO3. The topological polar surface area (TPSA) is 46.6 Å². The highest BCUT2D eigenvalue weighted by atomic mass is 16.5. The van der Waals surface area contributed by atoms with Crippen molar-refractivity contribution >= 4 is 11.7 Å². The van der Waals surface area contributed by atoms with Crippen LogP contribution in [0.15, 0.2) is 24.0 Å². The Bertz CT molecular complexity index is 456. The van der Waals surface area contributed by atoms with Crippen LogP contribution in [0, 0.1) is 5.41 Å². The zero-order valence-corrected chi connectivity index (χ0v) is 11.3. The van der Waals surface area contributed by atoms with E-state index in [1.165, 1.54) is 19.3 Å². The van der Waals surface area contributed by atoms with Crippen molar-refractivity contribution < 1.29 is 14.3 Å². The van der Waals surface area contributed by atoms with Crippen LogP contribution in [0.2, 0.25) is 0 Å². The van der Waals surface area contributed by atoms with Gasteiger partial charge in [-0.15, -0.1) is 0 Å². The van der Waals surface area contributed by atoms with Crippen molar-refractivity contribution in [1.82, 2.24) is 4.90 Å². The fourth-order valence-corrected chi connectivity index (χ4v) is 2.61. The second-order valence-electron chi connectivity index (χ2n) is 5.80. The number of hydrogen-bond acceptors (Lipinski definition) is 3. The summed E-state index contributed by atoms with van der Waals surface area (Å²) >= 11 is 0. The summed E-state index contributed by atoms with van der Waals surface area (Å²) in [6.45, 7) is 6.72. The molecule has 18 heavy (non-hydrogen) atoms. The molecule has 1 saturated heterocycles. The summed E-state index contributed by atoms with van der Waals surface area (Å²) in [5.41, 5.74) is -0.981. The van der Waals surface area contributed by atoms with E-state index in [1.807, 2.05) is 25.7 Å². The Balaban J connectivity index is 2.40. The fourth-order valence-electron chi connectivity index (χ4n) is 2.61. The zero-order valence-electron chi connectivity index (χ0n) is 11.3. The van der Waals surface area contributed by atoms with Crippen molar-refractivity contribution in [3.05, 3.63) is 24.0 Å². The third-order valence-corrected chi connectivity index (χ3v) is 3.63. The average Bonchev–Trinajstić information content (AvgIpc) is 2.61. The number of carbonyl (C=O) groups is 2. The molecule has 4 heteroatoms. The number of amides is 1. The van der Waals surface area contributed by atoms with Crippen molar-refractivity contribution in [2.75, 3.05) is 13.7 Å². The maximum atomic E-state index is 12.6. The number of ether oxygens (including phenoxy) is 1. The van der Waals surface area contributed by atoms with Crippen molar-refractivity contribution in [2.45, 2.75) is 32.7 Å². The van der Waals surface area contributed by atoms with Gasteiger partial charge in [-0.05, 0) is 33.3 Å². The Morgan fingerprint density at radius 2 is 2.00 bits per heavy atom. The molecule has 4 nitrogen and oxygen atoms in total. The SMILES string of the molecule is COC1=CC(=O)C=CC12CCN(C(C)(C)C)C2=O. The molecule has 1 aliphatic carbocycles. The predicted octanol–water partition coefficient (Wildman–Crippen LogP) is 1.67. The molecule has 2 rings (SSSR count).